The fraction of sp³-hybridized carbons (Fsp3) is 0.667. The number of carbonyl (C=O) groups is 1. The number of esters is 1. The van der Waals surface area contributed by atoms with Crippen molar-refractivity contribution in [3.63, 3.8) is 0 Å². The third kappa shape index (κ3) is 4.91. The molecule has 0 aliphatic heterocycles. The van der Waals surface area contributed by atoms with Crippen LogP contribution in [0.3, 0.4) is 0 Å². The van der Waals surface area contributed by atoms with Crippen molar-refractivity contribution in [3.8, 4) is 0 Å². The van der Waals surface area contributed by atoms with Crippen LogP contribution in [-0.2, 0) is 9.53 Å². The van der Waals surface area contributed by atoms with E-state index >= 15 is 0 Å². The van der Waals surface area contributed by atoms with Gasteiger partial charge in [0.2, 0.25) is 0 Å². The van der Waals surface area contributed by atoms with Gasteiger partial charge in [-0.2, -0.15) is 0 Å². The molecule has 0 aromatic carbocycles. The van der Waals surface area contributed by atoms with Crippen LogP contribution >= 0.6 is 0 Å². The molecule has 0 saturated carbocycles. The average molecular weight is 172 g/mol. The molecule has 0 saturated heterocycles. The van der Waals surface area contributed by atoms with Gasteiger partial charge in [-0.15, -0.1) is 0 Å². The van der Waals surface area contributed by atoms with Gasteiger partial charge in [0.05, 0.1) is 12.5 Å². The number of hydrogen-bond acceptors (Lipinski definition) is 3. The van der Waals surface area contributed by atoms with Crippen molar-refractivity contribution in [2.75, 3.05) is 13.2 Å². The Morgan fingerprint density at radius 2 is 2.25 bits per heavy atom. The molecular formula is C9H16O3. The Bertz CT molecular complexity index is 152. The van der Waals surface area contributed by atoms with E-state index < -0.39 is 0 Å². The SMILES string of the molecule is CCC(C)C(=O)OC/C=C/CO. The number of hydrogen-bond donors (Lipinski definition) is 1. The summed E-state index contributed by atoms with van der Waals surface area (Å²) in [5.74, 6) is -0.215. The lowest BCUT2D eigenvalue weighted by Crippen LogP contribution is -2.13. The fourth-order valence-corrected chi connectivity index (χ4v) is 0.582. The smallest absolute Gasteiger partial charge is 0.308 e. The molecule has 0 aliphatic carbocycles. The Kier molecular flexibility index (Phi) is 6.38. The second kappa shape index (κ2) is 6.85. The molecule has 0 aromatic heterocycles. The first-order valence-corrected chi connectivity index (χ1v) is 4.14. The normalized spacial score (nSPS) is 13.2. The number of aliphatic hydroxyl groups excluding tert-OH is 1. The Morgan fingerprint density at radius 3 is 2.75 bits per heavy atom. The van der Waals surface area contributed by atoms with Gasteiger partial charge >= 0.3 is 5.97 Å². The maximum atomic E-state index is 11.0. The largest absolute Gasteiger partial charge is 0.461 e. The van der Waals surface area contributed by atoms with E-state index in [9.17, 15) is 4.79 Å². The van der Waals surface area contributed by atoms with E-state index in [1.807, 2.05) is 13.8 Å². The Morgan fingerprint density at radius 1 is 1.58 bits per heavy atom. The molecule has 3 nitrogen and oxygen atoms in total. The molecule has 1 N–H and O–H groups in total. The van der Waals surface area contributed by atoms with Gasteiger partial charge in [-0.1, -0.05) is 19.9 Å². The van der Waals surface area contributed by atoms with E-state index in [1.165, 1.54) is 0 Å². The molecular weight excluding hydrogens is 156 g/mol. The van der Waals surface area contributed by atoms with Gasteiger partial charge in [0, 0.05) is 0 Å². The van der Waals surface area contributed by atoms with Gasteiger partial charge in [-0.25, -0.2) is 0 Å². The van der Waals surface area contributed by atoms with Crippen LogP contribution < -0.4 is 0 Å². The molecule has 0 fully saturated rings. The predicted octanol–water partition coefficient (Wildman–Crippen LogP) is 1.12. The number of carbonyl (C=O) groups excluding carboxylic acids is 1. The first-order chi connectivity index (χ1) is 5.72. The summed E-state index contributed by atoms with van der Waals surface area (Å²) < 4.78 is 4.86. The van der Waals surface area contributed by atoms with Gasteiger partial charge in [-0.05, 0) is 12.5 Å². The van der Waals surface area contributed by atoms with Crippen LogP contribution in [0, 0.1) is 5.92 Å². The Labute approximate surface area is 73.0 Å². The van der Waals surface area contributed by atoms with E-state index in [0.717, 1.165) is 6.42 Å². The van der Waals surface area contributed by atoms with E-state index in [1.54, 1.807) is 12.2 Å². The average Bonchev–Trinajstić information content (AvgIpc) is 2.10. The number of aliphatic hydroxyl groups is 1. The summed E-state index contributed by atoms with van der Waals surface area (Å²) in [6.45, 7) is 4.01. The van der Waals surface area contributed by atoms with Crippen LogP contribution in [0.1, 0.15) is 20.3 Å². The van der Waals surface area contributed by atoms with Gasteiger partial charge in [-0.3, -0.25) is 4.79 Å². The minimum Gasteiger partial charge on any atom is -0.461 e. The van der Waals surface area contributed by atoms with Crippen molar-refractivity contribution in [2.24, 2.45) is 5.92 Å². The highest BCUT2D eigenvalue weighted by molar-refractivity contribution is 5.71. The van der Waals surface area contributed by atoms with Crippen molar-refractivity contribution in [3.05, 3.63) is 12.2 Å². The highest BCUT2D eigenvalue weighted by Gasteiger charge is 2.10. The summed E-state index contributed by atoms with van der Waals surface area (Å²) in [7, 11) is 0. The van der Waals surface area contributed by atoms with E-state index in [4.69, 9.17) is 9.84 Å². The van der Waals surface area contributed by atoms with Crippen LogP contribution in [-0.4, -0.2) is 24.3 Å². The van der Waals surface area contributed by atoms with Crippen LogP contribution in [0.4, 0.5) is 0 Å². The van der Waals surface area contributed by atoms with Crippen LogP contribution in [0.15, 0.2) is 12.2 Å². The molecule has 0 heterocycles. The highest BCUT2D eigenvalue weighted by atomic mass is 16.5. The molecule has 0 amide bonds. The van der Waals surface area contributed by atoms with Crippen molar-refractivity contribution in [1.29, 1.82) is 0 Å². The maximum absolute atomic E-state index is 11.0. The quantitative estimate of drug-likeness (QED) is 0.499. The first kappa shape index (κ1) is 11.2. The third-order valence-corrected chi connectivity index (χ3v) is 1.61. The van der Waals surface area contributed by atoms with Crippen molar-refractivity contribution in [2.45, 2.75) is 20.3 Å². The predicted molar refractivity (Wildman–Crippen MR) is 46.6 cm³/mol. The molecule has 0 aliphatic rings. The Hall–Kier alpha value is -0.830. The van der Waals surface area contributed by atoms with E-state index in [2.05, 4.69) is 0 Å². The first-order valence-electron chi connectivity index (χ1n) is 4.14. The summed E-state index contributed by atoms with van der Waals surface area (Å²) in [6.07, 6.45) is 3.96. The highest BCUT2D eigenvalue weighted by Crippen LogP contribution is 2.02. The maximum Gasteiger partial charge on any atom is 0.308 e. The van der Waals surface area contributed by atoms with Gasteiger partial charge in [0.25, 0.3) is 0 Å². The lowest BCUT2D eigenvalue weighted by atomic mass is 10.1. The van der Waals surface area contributed by atoms with Gasteiger partial charge < -0.3 is 9.84 Å². The number of ether oxygens (including phenoxy) is 1. The van der Waals surface area contributed by atoms with Crippen molar-refractivity contribution >= 4 is 5.97 Å². The van der Waals surface area contributed by atoms with Gasteiger partial charge in [0.1, 0.15) is 6.61 Å². The lowest BCUT2D eigenvalue weighted by Gasteiger charge is -2.06. The van der Waals surface area contributed by atoms with Crippen LogP contribution in [0.2, 0.25) is 0 Å². The van der Waals surface area contributed by atoms with E-state index in [-0.39, 0.29) is 25.1 Å². The standard InChI is InChI=1S/C9H16O3/c1-3-8(2)9(11)12-7-5-4-6-10/h4-5,8,10H,3,6-7H2,1-2H3/b5-4+. The molecule has 3 heteroatoms. The second-order valence-electron chi connectivity index (χ2n) is 2.59. The van der Waals surface area contributed by atoms with Crippen LogP contribution in [0.5, 0.6) is 0 Å². The zero-order valence-corrected chi connectivity index (χ0v) is 7.62. The second-order valence-corrected chi connectivity index (χ2v) is 2.59. The molecule has 0 rings (SSSR count). The summed E-state index contributed by atoms with van der Waals surface area (Å²) in [5, 5.41) is 8.36. The fourth-order valence-electron chi connectivity index (χ4n) is 0.582. The molecule has 0 spiro atoms. The molecule has 0 bridgehead atoms. The molecule has 0 radical (unpaired) electrons. The van der Waals surface area contributed by atoms with E-state index in [0.29, 0.717) is 0 Å². The zero-order chi connectivity index (χ0) is 9.40. The minimum atomic E-state index is -0.180. The minimum absolute atomic E-state index is 0.0130. The summed E-state index contributed by atoms with van der Waals surface area (Å²) in [6, 6.07) is 0. The van der Waals surface area contributed by atoms with Crippen molar-refractivity contribution in [1.82, 2.24) is 0 Å². The van der Waals surface area contributed by atoms with Gasteiger partial charge in [0.15, 0.2) is 0 Å². The lowest BCUT2D eigenvalue weighted by molar-refractivity contribution is -0.146. The van der Waals surface area contributed by atoms with Crippen LogP contribution in [0.25, 0.3) is 0 Å². The monoisotopic (exact) mass is 172 g/mol. The number of rotatable bonds is 5. The summed E-state index contributed by atoms with van der Waals surface area (Å²) in [5.41, 5.74) is 0. The molecule has 70 valence electrons. The molecule has 1 unspecified atom stereocenters. The topological polar surface area (TPSA) is 46.5 Å². The zero-order valence-electron chi connectivity index (χ0n) is 7.62. The molecule has 12 heavy (non-hydrogen) atoms. The molecule has 1 atom stereocenters. The third-order valence-electron chi connectivity index (χ3n) is 1.61. The molecule has 0 aromatic rings. The van der Waals surface area contributed by atoms with Crippen molar-refractivity contribution < 1.29 is 14.6 Å². The summed E-state index contributed by atoms with van der Waals surface area (Å²) in [4.78, 5) is 11.0. The summed E-state index contributed by atoms with van der Waals surface area (Å²) >= 11 is 0. The Balaban J connectivity index is 3.50.